The monoisotopic (exact) mass is 409 g/mol. The van der Waals surface area contributed by atoms with Gasteiger partial charge in [-0.3, -0.25) is 9.36 Å². The van der Waals surface area contributed by atoms with Crippen molar-refractivity contribution in [1.29, 1.82) is 5.26 Å². The summed E-state index contributed by atoms with van der Waals surface area (Å²) in [7, 11) is 1.62. The van der Waals surface area contributed by atoms with Crippen LogP contribution in [0.15, 0.2) is 29.1 Å². The number of nitrogens with zero attached hydrogens (tertiary/aromatic N) is 5. The fourth-order valence-electron chi connectivity index (χ4n) is 4.66. The summed E-state index contributed by atoms with van der Waals surface area (Å²) in [5.74, 6) is 0.851. The van der Waals surface area contributed by atoms with Gasteiger partial charge in [0.2, 0.25) is 0 Å². The number of piperidine rings is 1. The van der Waals surface area contributed by atoms with E-state index < -0.39 is 0 Å². The van der Waals surface area contributed by atoms with Crippen LogP contribution in [0.25, 0.3) is 0 Å². The van der Waals surface area contributed by atoms with Crippen LogP contribution in [0, 0.1) is 16.7 Å². The first-order valence-electron chi connectivity index (χ1n) is 10.5. The molecule has 0 saturated carbocycles. The van der Waals surface area contributed by atoms with Crippen LogP contribution < -0.4 is 5.69 Å². The summed E-state index contributed by atoms with van der Waals surface area (Å²) in [6.45, 7) is 3.04. The van der Waals surface area contributed by atoms with Gasteiger partial charge in [0.15, 0.2) is 0 Å². The minimum atomic E-state index is -0.0518. The molecule has 3 heterocycles. The number of hydrogen-bond acceptors (Lipinski definition) is 5. The molecule has 30 heavy (non-hydrogen) atoms. The number of hydrogen-bond donors (Lipinski definition) is 0. The Balaban J connectivity index is 1.40. The Morgan fingerprint density at radius 1 is 1.23 bits per heavy atom. The number of likely N-dealkylation sites (tertiary alicyclic amines) is 1. The molecule has 2 aromatic rings. The molecule has 8 heteroatoms. The van der Waals surface area contributed by atoms with Crippen LogP contribution in [0.2, 0.25) is 0 Å². The van der Waals surface area contributed by atoms with Gasteiger partial charge >= 0.3 is 5.69 Å². The number of aryl methyl sites for hydroxylation is 1. The first-order chi connectivity index (χ1) is 14.5. The van der Waals surface area contributed by atoms with E-state index in [0.717, 1.165) is 37.9 Å². The van der Waals surface area contributed by atoms with Crippen LogP contribution in [0.1, 0.15) is 47.4 Å². The zero-order chi connectivity index (χ0) is 21.1. The van der Waals surface area contributed by atoms with E-state index in [4.69, 9.17) is 10.00 Å². The van der Waals surface area contributed by atoms with Gasteiger partial charge in [-0.2, -0.15) is 10.4 Å². The van der Waals surface area contributed by atoms with Crippen LogP contribution in [-0.2, 0) is 24.2 Å². The Morgan fingerprint density at radius 2 is 2.00 bits per heavy atom. The molecular weight excluding hydrogens is 382 g/mol. The molecule has 2 aliphatic heterocycles. The van der Waals surface area contributed by atoms with Crippen molar-refractivity contribution < 1.29 is 9.53 Å². The van der Waals surface area contributed by atoms with Crippen molar-refractivity contribution in [2.45, 2.75) is 45.2 Å². The van der Waals surface area contributed by atoms with Crippen molar-refractivity contribution in [2.75, 3.05) is 26.8 Å². The molecule has 0 aliphatic carbocycles. The maximum atomic E-state index is 12.9. The number of carbonyl (C=O) groups is 1. The predicted octanol–water partition coefficient (Wildman–Crippen LogP) is 1.82. The summed E-state index contributed by atoms with van der Waals surface area (Å²) >= 11 is 0. The van der Waals surface area contributed by atoms with Gasteiger partial charge in [0.25, 0.3) is 5.91 Å². The molecule has 1 amide bonds. The highest BCUT2D eigenvalue weighted by molar-refractivity contribution is 5.94. The highest BCUT2D eigenvalue weighted by Gasteiger charge is 2.38. The molecule has 0 atom stereocenters. The second-order valence-electron chi connectivity index (χ2n) is 8.30. The average molecular weight is 409 g/mol. The summed E-state index contributed by atoms with van der Waals surface area (Å²) in [5, 5.41) is 13.6. The van der Waals surface area contributed by atoms with E-state index >= 15 is 0 Å². The third-order valence-electron chi connectivity index (χ3n) is 6.60. The van der Waals surface area contributed by atoms with Crippen molar-refractivity contribution in [3.63, 3.8) is 0 Å². The summed E-state index contributed by atoms with van der Waals surface area (Å²) in [5.41, 5.74) is 1.17. The normalized spacial score (nSPS) is 17.9. The fraction of sp³-hybridized carbons (Fsp3) is 0.545. The number of rotatable bonds is 4. The number of methoxy groups -OCH3 is 1. The molecule has 158 valence electrons. The van der Waals surface area contributed by atoms with Gasteiger partial charge in [-0.1, -0.05) is 6.07 Å². The topological polar surface area (TPSA) is 93.2 Å². The minimum absolute atomic E-state index is 0.00970. The third kappa shape index (κ3) is 3.90. The van der Waals surface area contributed by atoms with Crippen molar-refractivity contribution in [2.24, 2.45) is 5.41 Å². The Bertz CT molecular complexity index is 1020. The molecule has 1 aromatic carbocycles. The van der Waals surface area contributed by atoms with Crippen LogP contribution in [0.3, 0.4) is 0 Å². The van der Waals surface area contributed by atoms with Crippen molar-refractivity contribution in [1.82, 2.24) is 19.2 Å². The molecule has 2 aliphatic rings. The van der Waals surface area contributed by atoms with E-state index in [-0.39, 0.29) is 17.0 Å². The van der Waals surface area contributed by atoms with Crippen LogP contribution >= 0.6 is 0 Å². The Labute approximate surface area is 175 Å². The summed E-state index contributed by atoms with van der Waals surface area (Å²) < 4.78 is 8.39. The Hall–Kier alpha value is -2.92. The highest BCUT2D eigenvalue weighted by Crippen LogP contribution is 2.41. The predicted molar refractivity (Wildman–Crippen MR) is 110 cm³/mol. The molecular formula is C22H27N5O3. The van der Waals surface area contributed by atoms with Crippen molar-refractivity contribution in [3.8, 4) is 6.07 Å². The summed E-state index contributed by atoms with van der Waals surface area (Å²) in [6, 6.07) is 8.98. The van der Waals surface area contributed by atoms with Gasteiger partial charge in [-0.15, -0.1) is 0 Å². The molecule has 4 rings (SSSR count). The Morgan fingerprint density at radius 3 is 2.73 bits per heavy atom. The molecule has 0 bridgehead atoms. The maximum absolute atomic E-state index is 12.9. The van der Waals surface area contributed by atoms with Gasteiger partial charge in [0.1, 0.15) is 5.82 Å². The fourth-order valence-corrected chi connectivity index (χ4v) is 4.66. The van der Waals surface area contributed by atoms with Gasteiger partial charge in [-0.25, -0.2) is 9.48 Å². The summed E-state index contributed by atoms with van der Waals surface area (Å²) in [6.07, 6.45) is 4.56. The van der Waals surface area contributed by atoms with E-state index in [1.54, 1.807) is 31.4 Å². The van der Waals surface area contributed by atoms with Crippen LogP contribution in [0.4, 0.5) is 0 Å². The van der Waals surface area contributed by atoms with E-state index in [9.17, 15) is 9.59 Å². The van der Waals surface area contributed by atoms with E-state index in [1.807, 2.05) is 9.47 Å². The molecule has 0 unspecified atom stereocenters. The number of carbonyl (C=O) groups excluding carboxylic acids is 1. The van der Waals surface area contributed by atoms with Gasteiger partial charge in [0, 0.05) is 38.7 Å². The second kappa shape index (κ2) is 8.44. The lowest BCUT2D eigenvalue weighted by molar-refractivity contribution is 0.0535. The lowest BCUT2D eigenvalue weighted by atomic mass is 9.72. The molecule has 1 fully saturated rings. The van der Waals surface area contributed by atoms with Crippen LogP contribution in [0.5, 0.6) is 0 Å². The molecule has 8 nitrogen and oxygen atoms in total. The molecule has 0 radical (unpaired) electrons. The smallest absolute Gasteiger partial charge is 0.345 e. The summed E-state index contributed by atoms with van der Waals surface area (Å²) in [4.78, 5) is 27.4. The molecule has 1 aromatic heterocycles. The van der Waals surface area contributed by atoms with Gasteiger partial charge in [-0.05, 0) is 49.3 Å². The van der Waals surface area contributed by atoms with Crippen molar-refractivity contribution >= 4 is 5.91 Å². The molecule has 1 saturated heterocycles. The number of aromatic nitrogens is 3. The Kier molecular flexibility index (Phi) is 5.73. The number of benzene rings is 1. The third-order valence-corrected chi connectivity index (χ3v) is 6.60. The van der Waals surface area contributed by atoms with Crippen LogP contribution in [-0.4, -0.2) is 52.0 Å². The van der Waals surface area contributed by atoms with Gasteiger partial charge in [0.05, 0.1) is 24.8 Å². The first-order valence-corrected chi connectivity index (χ1v) is 10.5. The lowest BCUT2D eigenvalue weighted by Gasteiger charge is -2.41. The zero-order valence-electron chi connectivity index (χ0n) is 17.3. The minimum Gasteiger partial charge on any atom is -0.383 e. The lowest BCUT2D eigenvalue weighted by Crippen LogP contribution is -2.43. The molecule has 0 N–H and O–H groups in total. The quantitative estimate of drug-likeness (QED) is 0.768. The second-order valence-corrected chi connectivity index (χ2v) is 8.30. The largest absolute Gasteiger partial charge is 0.383 e. The van der Waals surface area contributed by atoms with Crippen molar-refractivity contribution in [3.05, 3.63) is 51.7 Å². The number of nitriles is 1. The first kappa shape index (κ1) is 20.4. The zero-order valence-corrected chi connectivity index (χ0v) is 17.3. The highest BCUT2D eigenvalue weighted by atomic mass is 16.5. The number of amides is 1. The number of ether oxygens (including phenoxy) is 1. The SMILES string of the molecule is COCCn1nc2n(c1=O)CCC1(CC2)CCN(C(=O)c2cccc(C#N)c2)CC1. The standard InChI is InChI=1S/C22H27N5O3/c1-30-14-13-27-21(29)26-12-9-22(6-5-19(26)24-27)7-10-25(11-8-22)20(28)18-4-2-3-17(15-18)16-23/h2-4,15H,5-14H2,1H3. The number of fused-ring (bicyclic) bond motifs is 1. The maximum Gasteiger partial charge on any atom is 0.345 e. The van der Waals surface area contributed by atoms with Gasteiger partial charge < -0.3 is 9.64 Å². The van der Waals surface area contributed by atoms with E-state index in [1.165, 1.54) is 4.68 Å². The van der Waals surface area contributed by atoms with E-state index in [0.29, 0.717) is 43.9 Å². The average Bonchev–Trinajstić information content (AvgIpc) is 2.98. The molecule has 1 spiro atoms. The van der Waals surface area contributed by atoms with E-state index in [2.05, 4.69) is 11.2 Å².